The molecule has 0 saturated heterocycles. The topological polar surface area (TPSA) is 23.6 Å². The van der Waals surface area contributed by atoms with Crippen LogP contribution in [0, 0.1) is 5.41 Å². The van der Waals surface area contributed by atoms with E-state index in [0.717, 1.165) is 25.9 Å². The van der Waals surface area contributed by atoms with Gasteiger partial charge in [-0.25, -0.2) is 0 Å². The third-order valence-electron chi connectivity index (χ3n) is 5.23. The molecule has 18 heavy (non-hydrogen) atoms. The molecule has 3 nitrogen and oxygen atoms in total. The maximum Gasteiger partial charge on any atom is 0.127 e. The lowest BCUT2D eigenvalue weighted by atomic mass is 9.75. The van der Waals surface area contributed by atoms with Crippen LogP contribution in [-0.4, -0.2) is 55.9 Å². The molecule has 2 saturated carbocycles. The van der Waals surface area contributed by atoms with Crippen LogP contribution in [0.25, 0.3) is 0 Å². The molecule has 0 aromatic heterocycles. The lowest BCUT2D eigenvalue weighted by Crippen LogP contribution is -2.57. The van der Waals surface area contributed by atoms with Gasteiger partial charge >= 0.3 is 0 Å². The first-order valence-corrected chi connectivity index (χ1v) is 7.34. The second kappa shape index (κ2) is 5.30. The summed E-state index contributed by atoms with van der Waals surface area (Å²) in [5.74, 6) is 0. The van der Waals surface area contributed by atoms with Crippen molar-refractivity contribution in [1.29, 1.82) is 0 Å². The monoisotopic (exact) mass is 252 g/mol. The number of carbonyl (C=O) groups excluding carboxylic acids is 1. The third-order valence-corrected chi connectivity index (χ3v) is 5.23. The number of aldehydes is 1. The van der Waals surface area contributed by atoms with Gasteiger partial charge in [0.2, 0.25) is 0 Å². The molecule has 0 amide bonds. The zero-order chi connectivity index (χ0) is 13.2. The minimum atomic E-state index is -0.0357. The Morgan fingerprint density at radius 1 is 0.944 bits per heavy atom. The zero-order valence-corrected chi connectivity index (χ0v) is 12.2. The number of nitrogens with zero attached hydrogens (tertiary/aromatic N) is 2. The smallest absolute Gasteiger partial charge is 0.127 e. The Labute approximate surface area is 112 Å². The van der Waals surface area contributed by atoms with Crippen LogP contribution in [0.1, 0.15) is 44.9 Å². The molecule has 2 fully saturated rings. The lowest BCUT2D eigenvalue weighted by Gasteiger charge is -2.50. The van der Waals surface area contributed by atoms with Crippen LogP contribution >= 0.6 is 0 Å². The predicted molar refractivity (Wildman–Crippen MR) is 74.7 cm³/mol. The highest BCUT2D eigenvalue weighted by atomic mass is 16.1. The van der Waals surface area contributed by atoms with E-state index in [0.29, 0.717) is 5.54 Å². The molecule has 0 atom stereocenters. The van der Waals surface area contributed by atoms with Gasteiger partial charge in [-0.15, -0.1) is 0 Å². The molecule has 2 rings (SSSR count). The fourth-order valence-electron chi connectivity index (χ4n) is 3.82. The molecular weight excluding hydrogens is 224 g/mol. The summed E-state index contributed by atoms with van der Waals surface area (Å²) in [6.45, 7) is 2.06. The van der Waals surface area contributed by atoms with E-state index in [9.17, 15) is 4.79 Å². The van der Waals surface area contributed by atoms with Crippen molar-refractivity contribution in [2.24, 2.45) is 5.41 Å². The molecule has 0 radical (unpaired) electrons. The van der Waals surface area contributed by atoms with Gasteiger partial charge in [-0.3, -0.25) is 0 Å². The van der Waals surface area contributed by atoms with Crippen molar-refractivity contribution >= 4 is 6.29 Å². The van der Waals surface area contributed by atoms with Crippen LogP contribution in [0.3, 0.4) is 0 Å². The number of hydrogen-bond acceptors (Lipinski definition) is 3. The second-order valence-corrected chi connectivity index (χ2v) is 6.83. The molecule has 0 aromatic carbocycles. The van der Waals surface area contributed by atoms with Crippen LogP contribution in [-0.2, 0) is 4.79 Å². The van der Waals surface area contributed by atoms with Crippen molar-refractivity contribution in [3.05, 3.63) is 0 Å². The van der Waals surface area contributed by atoms with E-state index in [4.69, 9.17) is 0 Å². The van der Waals surface area contributed by atoms with E-state index in [1.165, 1.54) is 38.4 Å². The van der Waals surface area contributed by atoms with Gasteiger partial charge in [-0.05, 0) is 53.2 Å². The van der Waals surface area contributed by atoms with E-state index >= 15 is 0 Å². The van der Waals surface area contributed by atoms with Gasteiger partial charge in [0.1, 0.15) is 6.29 Å². The van der Waals surface area contributed by atoms with Crippen LogP contribution < -0.4 is 0 Å². The average Bonchev–Trinajstić information content (AvgIpc) is 2.72. The van der Waals surface area contributed by atoms with E-state index in [2.05, 4.69) is 30.9 Å². The van der Waals surface area contributed by atoms with Crippen LogP contribution in [0.15, 0.2) is 0 Å². The lowest BCUT2D eigenvalue weighted by molar-refractivity contribution is -0.117. The fourth-order valence-corrected chi connectivity index (χ4v) is 3.82. The second-order valence-electron chi connectivity index (χ2n) is 6.83. The predicted octanol–water partition coefficient (Wildman–Crippen LogP) is 2.16. The minimum Gasteiger partial charge on any atom is -0.304 e. The van der Waals surface area contributed by atoms with Crippen LogP contribution in [0.4, 0.5) is 0 Å². The normalized spacial score (nSPS) is 25.4. The van der Waals surface area contributed by atoms with Crippen molar-refractivity contribution in [1.82, 2.24) is 9.80 Å². The van der Waals surface area contributed by atoms with Crippen molar-refractivity contribution in [2.45, 2.75) is 50.5 Å². The molecule has 104 valence electrons. The average molecular weight is 252 g/mol. The van der Waals surface area contributed by atoms with Crippen LogP contribution in [0.5, 0.6) is 0 Å². The SMILES string of the molecule is CN(CC1(C=O)CCCC1)CC1(N(C)C)CCC1. The quantitative estimate of drug-likeness (QED) is 0.677. The summed E-state index contributed by atoms with van der Waals surface area (Å²) in [5, 5.41) is 0. The van der Waals surface area contributed by atoms with E-state index in [1.807, 2.05) is 0 Å². The number of rotatable bonds is 6. The molecule has 0 N–H and O–H groups in total. The Morgan fingerprint density at radius 3 is 1.94 bits per heavy atom. The van der Waals surface area contributed by atoms with E-state index in [1.54, 1.807) is 0 Å². The number of likely N-dealkylation sites (N-methyl/N-ethyl adjacent to an activating group) is 2. The zero-order valence-electron chi connectivity index (χ0n) is 12.2. The largest absolute Gasteiger partial charge is 0.304 e. The maximum atomic E-state index is 11.4. The summed E-state index contributed by atoms with van der Waals surface area (Å²) < 4.78 is 0. The van der Waals surface area contributed by atoms with E-state index < -0.39 is 0 Å². The van der Waals surface area contributed by atoms with Gasteiger partial charge in [0.25, 0.3) is 0 Å². The molecule has 2 aliphatic carbocycles. The molecule has 0 heterocycles. The highest BCUT2D eigenvalue weighted by Gasteiger charge is 2.42. The summed E-state index contributed by atoms with van der Waals surface area (Å²) >= 11 is 0. The summed E-state index contributed by atoms with van der Waals surface area (Å²) in [6.07, 6.45) is 9.84. The van der Waals surface area contributed by atoms with E-state index in [-0.39, 0.29) is 5.41 Å². The van der Waals surface area contributed by atoms with Crippen molar-refractivity contribution in [3.63, 3.8) is 0 Å². The van der Waals surface area contributed by atoms with Gasteiger partial charge in [0, 0.05) is 24.0 Å². The molecule has 0 spiro atoms. The highest BCUT2D eigenvalue weighted by Crippen LogP contribution is 2.39. The van der Waals surface area contributed by atoms with Gasteiger partial charge in [-0.2, -0.15) is 0 Å². The summed E-state index contributed by atoms with van der Waals surface area (Å²) in [4.78, 5) is 16.2. The molecule has 0 bridgehead atoms. The Morgan fingerprint density at radius 2 is 1.56 bits per heavy atom. The molecule has 0 unspecified atom stereocenters. The Kier molecular flexibility index (Phi) is 4.12. The molecule has 0 aliphatic heterocycles. The first-order valence-electron chi connectivity index (χ1n) is 7.34. The number of hydrogen-bond donors (Lipinski definition) is 0. The number of carbonyl (C=O) groups is 1. The Bertz CT molecular complexity index is 291. The van der Waals surface area contributed by atoms with Gasteiger partial charge in [0.15, 0.2) is 0 Å². The first-order chi connectivity index (χ1) is 8.52. The molecule has 0 aromatic rings. The summed E-state index contributed by atoms with van der Waals surface area (Å²) in [7, 11) is 6.57. The standard InChI is InChI=1S/C15H28N2O/c1-16(2)15(9-6-10-15)12-17(3)11-14(13-18)7-4-5-8-14/h13H,4-12H2,1-3H3. The Hall–Kier alpha value is -0.410. The highest BCUT2D eigenvalue weighted by molar-refractivity contribution is 5.60. The van der Waals surface area contributed by atoms with Gasteiger partial charge < -0.3 is 14.6 Å². The van der Waals surface area contributed by atoms with Crippen molar-refractivity contribution in [3.8, 4) is 0 Å². The van der Waals surface area contributed by atoms with Crippen molar-refractivity contribution in [2.75, 3.05) is 34.2 Å². The molecule has 3 heteroatoms. The maximum absolute atomic E-state index is 11.4. The fraction of sp³-hybridized carbons (Fsp3) is 0.933. The first kappa shape index (κ1) is 14.0. The van der Waals surface area contributed by atoms with Gasteiger partial charge in [0.05, 0.1) is 0 Å². The van der Waals surface area contributed by atoms with Crippen molar-refractivity contribution < 1.29 is 4.79 Å². The molecular formula is C15H28N2O. The van der Waals surface area contributed by atoms with Crippen LogP contribution in [0.2, 0.25) is 0 Å². The van der Waals surface area contributed by atoms with Gasteiger partial charge in [-0.1, -0.05) is 12.8 Å². The Balaban J connectivity index is 1.91. The third kappa shape index (κ3) is 2.62. The summed E-state index contributed by atoms with van der Waals surface area (Å²) in [6, 6.07) is 0. The summed E-state index contributed by atoms with van der Waals surface area (Å²) in [5.41, 5.74) is 0.337. The minimum absolute atomic E-state index is 0.0357. The molecule has 2 aliphatic rings.